The van der Waals surface area contributed by atoms with Crippen LogP contribution in [0, 0.1) is 0 Å². The van der Waals surface area contributed by atoms with Gasteiger partial charge < -0.3 is 30.9 Å². The van der Waals surface area contributed by atoms with Gasteiger partial charge in [0.15, 0.2) is 6.23 Å². The van der Waals surface area contributed by atoms with Crippen LogP contribution in [0.5, 0.6) is 0 Å². The molecule has 0 saturated carbocycles. The van der Waals surface area contributed by atoms with E-state index in [-0.39, 0.29) is 5.96 Å². The lowest BCUT2D eigenvalue weighted by atomic mass is 10.1. The summed E-state index contributed by atoms with van der Waals surface area (Å²) in [4.78, 5) is 8.31. The Balaban J connectivity index is 2.12. The molecule has 17 heavy (non-hydrogen) atoms. The van der Waals surface area contributed by atoms with Gasteiger partial charge in [0.25, 0.3) is 0 Å². The lowest BCUT2D eigenvalue weighted by molar-refractivity contribution is -0.116. The van der Waals surface area contributed by atoms with Crippen molar-refractivity contribution in [3.8, 4) is 0 Å². The molecule has 0 bridgehead atoms. The van der Waals surface area contributed by atoms with Crippen molar-refractivity contribution < 1.29 is 25.2 Å². The van der Waals surface area contributed by atoms with Gasteiger partial charge in [-0.3, -0.25) is 4.90 Å². The number of ether oxygens (including phenoxy) is 1. The van der Waals surface area contributed by atoms with E-state index in [2.05, 4.69) is 9.98 Å². The van der Waals surface area contributed by atoms with Gasteiger partial charge >= 0.3 is 0 Å². The molecule has 2 rings (SSSR count). The Bertz CT molecular complexity index is 349. The summed E-state index contributed by atoms with van der Waals surface area (Å²) in [5, 5.41) is 37.8. The lowest BCUT2D eigenvalue weighted by Gasteiger charge is -2.31. The molecule has 0 spiro atoms. The molecule has 1 saturated heterocycles. The Morgan fingerprint density at radius 3 is 2.59 bits per heavy atom. The molecule has 0 amide bonds. The molecule has 6 N–H and O–H groups in total. The van der Waals surface area contributed by atoms with Gasteiger partial charge in [0, 0.05) is 0 Å². The van der Waals surface area contributed by atoms with Crippen LogP contribution in [0.3, 0.4) is 0 Å². The summed E-state index contributed by atoms with van der Waals surface area (Å²) in [5.74, 6) is -0.0968. The Kier molecular flexibility index (Phi) is 3.26. The minimum Gasteiger partial charge on any atom is -0.394 e. The SMILES string of the molecule is NC1=NC(O)N(C2OC(CO)C(O)C2O)C=N1. The van der Waals surface area contributed by atoms with E-state index in [9.17, 15) is 15.3 Å². The summed E-state index contributed by atoms with van der Waals surface area (Å²) in [6.07, 6.45) is -4.68. The van der Waals surface area contributed by atoms with Crippen molar-refractivity contribution in [2.45, 2.75) is 30.9 Å². The Morgan fingerprint density at radius 2 is 2.06 bits per heavy atom. The van der Waals surface area contributed by atoms with Crippen LogP contribution in [0.15, 0.2) is 9.98 Å². The maximum absolute atomic E-state index is 9.71. The van der Waals surface area contributed by atoms with Crippen LogP contribution >= 0.6 is 0 Å². The third kappa shape index (κ3) is 2.10. The Labute approximate surface area is 96.5 Å². The van der Waals surface area contributed by atoms with Crippen molar-refractivity contribution in [2.24, 2.45) is 15.7 Å². The molecule has 5 atom stereocenters. The zero-order chi connectivity index (χ0) is 12.6. The highest BCUT2D eigenvalue weighted by Crippen LogP contribution is 2.25. The van der Waals surface area contributed by atoms with Gasteiger partial charge in [0.05, 0.1) is 6.61 Å². The molecule has 9 heteroatoms. The van der Waals surface area contributed by atoms with E-state index in [1.165, 1.54) is 0 Å². The number of guanidine groups is 1. The van der Waals surface area contributed by atoms with Crippen LogP contribution in [0.2, 0.25) is 0 Å². The van der Waals surface area contributed by atoms with Gasteiger partial charge in [-0.05, 0) is 0 Å². The third-order valence-electron chi connectivity index (χ3n) is 2.65. The molecule has 0 aromatic heterocycles. The quantitative estimate of drug-likeness (QED) is 0.338. The molecule has 96 valence electrons. The van der Waals surface area contributed by atoms with Crippen molar-refractivity contribution in [2.75, 3.05) is 6.61 Å². The van der Waals surface area contributed by atoms with Crippen LogP contribution in [-0.4, -0.2) is 75.1 Å². The van der Waals surface area contributed by atoms with Crippen LogP contribution in [0.1, 0.15) is 0 Å². The van der Waals surface area contributed by atoms with Crippen LogP contribution < -0.4 is 5.73 Å². The van der Waals surface area contributed by atoms with E-state index in [0.29, 0.717) is 0 Å². The largest absolute Gasteiger partial charge is 0.394 e. The first-order valence-corrected chi connectivity index (χ1v) is 5.00. The number of hydrogen-bond donors (Lipinski definition) is 5. The molecule has 2 heterocycles. The van der Waals surface area contributed by atoms with E-state index in [4.69, 9.17) is 15.6 Å². The number of hydrogen-bond acceptors (Lipinski definition) is 9. The van der Waals surface area contributed by atoms with Crippen molar-refractivity contribution in [1.29, 1.82) is 0 Å². The lowest BCUT2D eigenvalue weighted by Crippen LogP contribution is -2.50. The van der Waals surface area contributed by atoms with Gasteiger partial charge in [-0.1, -0.05) is 0 Å². The predicted octanol–water partition coefficient (Wildman–Crippen LogP) is -3.64. The second-order valence-corrected chi connectivity index (χ2v) is 3.75. The predicted molar refractivity (Wildman–Crippen MR) is 55.7 cm³/mol. The highest BCUT2D eigenvalue weighted by atomic mass is 16.6. The molecular weight excluding hydrogens is 232 g/mol. The molecule has 1 fully saturated rings. The van der Waals surface area contributed by atoms with E-state index in [1.807, 2.05) is 0 Å². The monoisotopic (exact) mass is 246 g/mol. The fourth-order valence-corrected chi connectivity index (χ4v) is 1.73. The van der Waals surface area contributed by atoms with Crippen molar-refractivity contribution in [3.05, 3.63) is 0 Å². The molecular formula is C8H14N4O5. The van der Waals surface area contributed by atoms with Gasteiger partial charge in [-0.15, -0.1) is 0 Å². The molecule has 0 aromatic rings. The molecule has 5 unspecified atom stereocenters. The first-order chi connectivity index (χ1) is 8.04. The van der Waals surface area contributed by atoms with Gasteiger partial charge in [0.1, 0.15) is 24.7 Å². The third-order valence-corrected chi connectivity index (χ3v) is 2.65. The summed E-state index contributed by atoms with van der Waals surface area (Å²) in [6.45, 7) is -0.443. The van der Waals surface area contributed by atoms with Crippen LogP contribution in [0.4, 0.5) is 0 Å². The number of nitrogens with zero attached hydrogens (tertiary/aromatic N) is 3. The van der Waals surface area contributed by atoms with E-state index >= 15 is 0 Å². The number of aliphatic imine (C=N–C) groups is 2. The van der Waals surface area contributed by atoms with Crippen LogP contribution in [0.25, 0.3) is 0 Å². The van der Waals surface area contributed by atoms with Gasteiger partial charge in [0.2, 0.25) is 12.3 Å². The van der Waals surface area contributed by atoms with Crippen molar-refractivity contribution >= 4 is 12.3 Å². The number of rotatable bonds is 2. The summed E-state index contributed by atoms with van der Waals surface area (Å²) in [7, 11) is 0. The molecule has 2 aliphatic rings. The summed E-state index contributed by atoms with van der Waals surface area (Å²) < 4.78 is 5.19. The maximum Gasteiger partial charge on any atom is 0.231 e. The van der Waals surface area contributed by atoms with E-state index < -0.39 is 37.5 Å². The van der Waals surface area contributed by atoms with Gasteiger partial charge in [-0.2, -0.15) is 4.99 Å². The molecule has 2 aliphatic heterocycles. The first kappa shape index (κ1) is 12.2. The zero-order valence-electron chi connectivity index (χ0n) is 8.79. The van der Waals surface area contributed by atoms with Crippen molar-refractivity contribution in [3.63, 3.8) is 0 Å². The average molecular weight is 246 g/mol. The minimum absolute atomic E-state index is 0.0968. The van der Waals surface area contributed by atoms with Crippen LogP contribution in [-0.2, 0) is 4.74 Å². The second-order valence-electron chi connectivity index (χ2n) is 3.75. The Morgan fingerprint density at radius 1 is 1.35 bits per heavy atom. The number of nitrogens with two attached hydrogens (primary N) is 1. The molecule has 0 aromatic carbocycles. The summed E-state index contributed by atoms with van der Waals surface area (Å²) >= 11 is 0. The maximum atomic E-state index is 9.71. The zero-order valence-corrected chi connectivity index (χ0v) is 8.79. The molecule has 9 nitrogen and oxygen atoms in total. The highest BCUT2D eigenvalue weighted by Gasteiger charge is 2.46. The number of aliphatic hydroxyl groups is 4. The van der Waals surface area contributed by atoms with E-state index in [0.717, 1.165) is 11.2 Å². The highest BCUT2D eigenvalue weighted by molar-refractivity contribution is 5.87. The van der Waals surface area contributed by atoms with Gasteiger partial charge in [-0.25, -0.2) is 4.99 Å². The topological polar surface area (TPSA) is 144 Å². The summed E-state index contributed by atoms with van der Waals surface area (Å²) in [6, 6.07) is 0. The second kappa shape index (κ2) is 4.55. The average Bonchev–Trinajstić information content (AvgIpc) is 2.57. The van der Waals surface area contributed by atoms with Crippen molar-refractivity contribution in [1.82, 2.24) is 4.90 Å². The smallest absolute Gasteiger partial charge is 0.231 e. The fraction of sp³-hybridized carbons (Fsp3) is 0.750. The first-order valence-electron chi connectivity index (χ1n) is 5.00. The standard InChI is InChI=1S/C8H14N4O5/c9-7-10-2-12(8(16)11-7)6-5(15)4(14)3(1-13)17-6/h2-6,8,13-16H,1H2,(H2,9,11). The molecule has 0 radical (unpaired) electrons. The minimum atomic E-state index is -1.35. The molecule has 0 aliphatic carbocycles. The fourth-order valence-electron chi connectivity index (χ4n) is 1.73. The normalized spacial score (nSPS) is 41.8. The Hall–Kier alpha value is -1.26. The van der Waals surface area contributed by atoms with E-state index in [1.54, 1.807) is 0 Å². The summed E-state index contributed by atoms with van der Waals surface area (Å²) in [5.41, 5.74) is 5.27. The number of aliphatic hydroxyl groups excluding tert-OH is 4.